The summed E-state index contributed by atoms with van der Waals surface area (Å²) in [7, 11) is 0. The summed E-state index contributed by atoms with van der Waals surface area (Å²) < 4.78 is 2.78. The fraction of sp³-hybridized carbons (Fsp3) is 1.00. The summed E-state index contributed by atoms with van der Waals surface area (Å²) in [5, 5.41) is 0. The maximum Gasteiger partial charge on any atom is 0.0916 e. The van der Waals surface area contributed by atoms with Crippen molar-refractivity contribution in [1.29, 1.82) is 0 Å². The molecule has 0 atom stereocenters. The minimum absolute atomic E-state index is 1.33. The summed E-state index contributed by atoms with van der Waals surface area (Å²) in [5.74, 6) is 0. The molecule has 0 aromatic carbocycles. The highest BCUT2D eigenvalue weighted by molar-refractivity contribution is 14.1. The average Bonchev–Trinajstić information content (AvgIpc) is 2.18. The van der Waals surface area contributed by atoms with Gasteiger partial charge in [-0.25, -0.2) is 0 Å². The van der Waals surface area contributed by atoms with Crippen LogP contribution in [0.25, 0.3) is 0 Å². The van der Waals surface area contributed by atoms with Crippen molar-refractivity contribution in [3.8, 4) is 0 Å². The summed E-state index contributed by atoms with van der Waals surface area (Å²) in [6, 6.07) is 0. The Bertz CT molecular complexity index is 139. The summed E-state index contributed by atoms with van der Waals surface area (Å²) in [6.45, 7) is 9.81. The highest BCUT2D eigenvalue weighted by Gasteiger charge is 2.37. The van der Waals surface area contributed by atoms with Crippen molar-refractivity contribution < 1.29 is 4.48 Å². The number of alkyl halides is 1. The Kier molecular flexibility index (Phi) is 2.92. The Morgan fingerprint density at radius 3 is 2.17 bits per heavy atom. The van der Waals surface area contributed by atoms with Crippen LogP contribution in [-0.4, -0.2) is 59.6 Å². The number of rotatable bonds is 3. The van der Waals surface area contributed by atoms with Crippen LogP contribution in [0.5, 0.6) is 0 Å². The Morgan fingerprint density at radius 2 is 1.67 bits per heavy atom. The lowest BCUT2D eigenvalue weighted by Crippen LogP contribution is -2.67. The van der Waals surface area contributed by atoms with Crippen LogP contribution in [0.2, 0.25) is 0 Å². The minimum atomic E-state index is 1.33. The lowest BCUT2D eigenvalue weighted by molar-refractivity contribution is -0.940. The molecule has 3 fully saturated rings. The zero-order valence-electron chi connectivity index (χ0n) is 7.64. The van der Waals surface area contributed by atoms with Crippen molar-refractivity contribution in [2.24, 2.45) is 0 Å². The lowest BCUT2D eigenvalue weighted by atomic mass is 10.1. The molecule has 3 heterocycles. The zero-order chi connectivity index (χ0) is 8.44. The first kappa shape index (κ1) is 9.21. The second-order valence-electron chi connectivity index (χ2n) is 4.12. The van der Waals surface area contributed by atoms with E-state index in [0.717, 1.165) is 0 Å². The molecule has 0 N–H and O–H groups in total. The quantitative estimate of drug-likeness (QED) is 0.423. The van der Waals surface area contributed by atoms with Gasteiger partial charge in [0.05, 0.1) is 26.2 Å². The SMILES string of the molecule is ICCC[N+]12CCN(CC1)CC2. The van der Waals surface area contributed by atoms with Gasteiger partial charge in [-0.3, -0.25) is 4.90 Å². The van der Waals surface area contributed by atoms with E-state index in [-0.39, 0.29) is 0 Å². The number of hydrogen-bond donors (Lipinski definition) is 0. The smallest absolute Gasteiger partial charge is 0.0916 e. The van der Waals surface area contributed by atoms with E-state index < -0.39 is 0 Å². The number of quaternary nitrogens is 1. The van der Waals surface area contributed by atoms with Crippen molar-refractivity contribution in [1.82, 2.24) is 4.90 Å². The molecule has 2 nitrogen and oxygen atoms in total. The maximum atomic E-state index is 2.62. The Hall–Kier alpha value is 0.650. The van der Waals surface area contributed by atoms with Crippen LogP contribution in [0, 0.1) is 0 Å². The number of fused-ring (bicyclic) bond motifs is 3. The van der Waals surface area contributed by atoms with Gasteiger partial charge in [-0.15, -0.1) is 0 Å². The molecule has 0 amide bonds. The third-order valence-electron chi connectivity index (χ3n) is 3.44. The molecule has 3 aliphatic rings. The first-order valence-electron chi connectivity index (χ1n) is 4.98. The molecule has 0 saturated carbocycles. The topological polar surface area (TPSA) is 3.24 Å². The molecular weight excluding hydrogens is 263 g/mol. The number of piperazine rings is 3. The van der Waals surface area contributed by atoms with Gasteiger partial charge in [0.15, 0.2) is 0 Å². The normalized spacial score (nSPS) is 40.2. The van der Waals surface area contributed by atoms with Crippen molar-refractivity contribution >= 4 is 22.6 Å². The predicted molar refractivity (Wildman–Crippen MR) is 59.7 cm³/mol. The molecule has 3 rings (SSSR count). The van der Waals surface area contributed by atoms with Crippen molar-refractivity contribution in [3.63, 3.8) is 0 Å². The number of halogens is 1. The fourth-order valence-electron chi connectivity index (χ4n) is 2.46. The molecule has 12 heavy (non-hydrogen) atoms. The summed E-state index contributed by atoms with van der Waals surface area (Å²) in [4.78, 5) is 2.62. The molecule has 0 aromatic heterocycles. The van der Waals surface area contributed by atoms with E-state index in [2.05, 4.69) is 27.5 Å². The van der Waals surface area contributed by atoms with Gasteiger partial charge >= 0.3 is 0 Å². The molecule has 3 saturated heterocycles. The van der Waals surface area contributed by atoms with Crippen LogP contribution in [-0.2, 0) is 0 Å². The van der Waals surface area contributed by atoms with E-state index in [1.165, 1.54) is 61.1 Å². The highest BCUT2D eigenvalue weighted by Crippen LogP contribution is 2.19. The van der Waals surface area contributed by atoms with Gasteiger partial charge in [0.1, 0.15) is 0 Å². The highest BCUT2D eigenvalue weighted by atomic mass is 127. The second kappa shape index (κ2) is 3.80. The third kappa shape index (κ3) is 1.77. The fourth-order valence-corrected chi connectivity index (χ4v) is 2.80. The first-order valence-corrected chi connectivity index (χ1v) is 6.51. The summed E-state index contributed by atoms with van der Waals surface area (Å²) >= 11 is 2.50. The summed E-state index contributed by atoms with van der Waals surface area (Å²) in [5.41, 5.74) is 0. The van der Waals surface area contributed by atoms with Gasteiger partial charge in [0, 0.05) is 30.5 Å². The predicted octanol–water partition coefficient (Wildman–Crippen LogP) is 0.958. The number of nitrogens with zero attached hydrogens (tertiary/aromatic N) is 2. The lowest BCUT2D eigenvalue weighted by Gasteiger charge is -2.50. The van der Waals surface area contributed by atoms with Crippen LogP contribution in [0.15, 0.2) is 0 Å². The molecule has 0 aromatic rings. The van der Waals surface area contributed by atoms with Gasteiger partial charge in [0.2, 0.25) is 0 Å². The second-order valence-corrected chi connectivity index (χ2v) is 5.20. The molecule has 3 aliphatic heterocycles. The average molecular weight is 281 g/mol. The van der Waals surface area contributed by atoms with Gasteiger partial charge in [-0.05, 0) is 0 Å². The van der Waals surface area contributed by atoms with Crippen molar-refractivity contribution in [3.05, 3.63) is 0 Å². The molecule has 3 heteroatoms. The molecule has 0 aliphatic carbocycles. The van der Waals surface area contributed by atoms with Crippen LogP contribution >= 0.6 is 22.6 Å². The van der Waals surface area contributed by atoms with E-state index >= 15 is 0 Å². The summed E-state index contributed by atoms with van der Waals surface area (Å²) in [6.07, 6.45) is 1.42. The van der Waals surface area contributed by atoms with Crippen LogP contribution < -0.4 is 0 Å². The van der Waals surface area contributed by atoms with Gasteiger partial charge in [-0.1, -0.05) is 22.6 Å². The van der Waals surface area contributed by atoms with Crippen LogP contribution in [0.3, 0.4) is 0 Å². The van der Waals surface area contributed by atoms with Crippen LogP contribution in [0.1, 0.15) is 6.42 Å². The monoisotopic (exact) mass is 281 g/mol. The van der Waals surface area contributed by atoms with E-state index in [0.29, 0.717) is 0 Å². The first-order chi connectivity index (χ1) is 5.85. The van der Waals surface area contributed by atoms with E-state index in [1.807, 2.05) is 0 Å². The van der Waals surface area contributed by atoms with Gasteiger partial charge < -0.3 is 4.48 Å². The van der Waals surface area contributed by atoms with Crippen molar-refractivity contribution in [2.45, 2.75) is 6.42 Å². The van der Waals surface area contributed by atoms with E-state index in [9.17, 15) is 0 Å². The maximum absolute atomic E-state index is 2.62. The standard InChI is InChI=1S/C9H18IN2/c10-2-1-6-12-7-3-11(4-8-12)5-9-12/h1-9H2/q+1. The molecule has 70 valence electrons. The molecule has 0 unspecified atom stereocenters. The largest absolute Gasteiger partial charge is 0.320 e. The molecule has 0 spiro atoms. The van der Waals surface area contributed by atoms with Gasteiger partial charge in [-0.2, -0.15) is 0 Å². The van der Waals surface area contributed by atoms with Crippen molar-refractivity contribution in [2.75, 3.05) is 50.2 Å². The molecule has 0 radical (unpaired) electrons. The minimum Gasteiger partial charge on any atom is -0.320 e. The Balaban J connectivity index is 1.90. The molecule has 2 bridgehead atoms. The van der Waals surface area contributed by atoms with Crippen LogP contribution in [0.4, 0.5) is 0 Å². The van der Waals surface area contributed by atoms with Gasteiger partial charge in [0.25, 0.3) is 0 Å². The molecular formula is C9H18IN2+. The van der Waals surface area contributed by atoms with E-state index in [1.54, 1.807) is 0 Å². The third-order valence-corrected chi connectivity index (χ3v) is 4.20. The number of hydrogen-bond acceptors (Lipinski definition) is 1. The van der Waals surface area contributed by atoms with E-state index in [4.69, 9.17) is 0 Å². The Morgan fingerprint density at radius 1 is 1.08 bits per heavy atom. The zero-order valence-corrected chi connectivity index (χ0v) is 9.79. The Labute approximate surface area is 88.6 Å².